The SMILES string of the molecule is COc1ccccc1NC1(CN)CCN(C)C1. The van der Waals surface area contributed by atoms with Crippen LogP contribution in [0.4, 0.5) is 5.69 Å². The summed E-state index contributed by atoms with van der Waals surface area (Å²) in [5.74, 6) is 0.870. The van der Waals surface area contributed by atoms with Gasteiger partial charge >= 0.3 is 0 Å². The van der Waals surface area contributed by atoms with E-state index in [2.05, 4.69) is 17.3 Å². The Kier molecular flexibility index (Phi) is 3.54. The molecule has 2 rings (SSSR count). The molecule has 0 radical (unpaired) electrons. The van der Waals surface area contributed by atoms with Gasteiger partial charge in [0, 0.05) is 19.6 Å². The van der Waals surface area contributed by atoms with Crippen molar-refractivity contribution in [2.24, 2.45) is 5.73 Å². The molecule has 1 heterocycles. The smallest absolute Gasteiger partial charge is 0.141 e. The van der Waals surface area contributed by atoms with Gasteiger partial charge in [-0.1, -0.05) is 12.1 Å². The van der Waals surface area contributed by atoms with Crippen LogP contribution in [0.3, 0.4) is 0 Å². The molecule has 17 heavy (non-hydrogen) atoms. The first-order valence-corrected chi connectivity index (χ1v) is 5.99. The van der Waals surface area contributed by atoms with Gasteiger partial charge < -0.3 is 20.7 Å². The quantitative estimate of drug-likeness (QED) is 0.821. The Bertz CT molecular complexity index is 383. The standard InChI is InChI=1S/C13H21N3O/c1-16-8-7-13(9-14,10-16)15-11-5-3-4-6-12(11)17-2/h3-6,15H,7-10,14H2,1-2H3. The molecule has 4 heteroatoms. The van der Waals surface area contributed by atoms with Crippen LogP contribution in [0.5, 0.6) is 5.75 Å². The van der Waals surface area contributed by atoms with Gasteiger partial charge in [0.05, 0.1) is 18.3 Å². The maximum atomic E-state index is 5.94. The second kappa shape index (κ2) is 4.94. The Balaban J connectivity index is 2.18. The lowest BCUT2D eigenvalue weighted by Crippen LogP contribution is -2.47. The number of methoxy groups -OCH3 is 1. The van der Waals surface area contributed by atoms with E-state index in [4.69, 9.17) is 10.5 Å². The molecule has 0 bridgehead atoms. The molecule has 1 atom stereocenters. The van der Waals surface area contributed by atoms with Crippen molar-refractivity contribution in [3.8, 4) is 5.75 Å². The number of para-hydroxylation sites is 2. The molecule has 1 aromatic carbocycles. The largest absolute Gasteiger partial charge is 0.495 e. The van der Waals surface area contributed by atoms with Crippen molar-refractivity contribution in [3.05, 3.63) is 24.3 Å². The number of nitrogens with one attached hydrogen (secondary N) is 1. The fraction of sp³-hybridized carbons (Fsp3) is 0.538. The summed E-state index contributed by atoms with van der Waals surface area (Å²) in [5, 5.41) is 3.56. The molecule has 94 valence electrons. The molecule has 3 N–H and O–H groups in total. The van der Waals surface area contributed by atoms with Crippen LogP contribution in [0.25, 0.3) is 0 Å². The Hall–Kier alpha value is -1.26. The average Bonchev–Trinajstić information content (AvgIpc) is 2.72. The molecule has 4 nitrogen and oxygen atoms in total. The first-order chi connectivity index (χ1) is 8.19. The number of likely N-dealkylation sites (N-methyl/N-ethyl adjacent to an activating group) is 1. The molecule has 0 spiro atoms. The number of ether oxygens (including phenoxy) is 1. The van der Waals surface area contributed by atoms with Crippen LogP contribution in [-0.2, 0) is 0 Å². The van der Waals surface area contributed by atoms with E-state index in [0.29, 0.717) is 6.54 Å². The fourth-order valence-electron chi connectivity index (χ4n) is 2.43. The van der Waals surface area contributed by atoms with Crippen LogP contribution in [0.2, 0.25) is 0 Å². The summed E-state index contributed by atoms with van der Waals surface area (Å²) in [6.45, 7) is 2.69. The lowest BCUT2D eigenvalue weighted by atomic mass is 9.98. The number of anilines is 1. The molecular formula is C13H21N3O. The topological polar surface area (TPSA) is 50.5 Å². The molecular weight excluding hydrogens is 214 g/mol. The average molecular weight is 235 g/mol. The lowest BCUT2D eigenvalue weighted by Gasteiger charge is -2.30. The monoisotopic (exact) mass is 235 g/mol. The third-order valence-corrected chi connectivity index (χ3v) is 3.44. The van der Waals surface area contributed by atoms with Gasteiger partial charge in [-0.25, -0.2) is 0 Å². The Labute approximate surface area is 103 Å². The first kappa shape index (κ1) is 12.2. The van der Waals surface area contributed by atoms with Crippen LogP contribution in [0, 0.1) is 0 Å². The highest BCUT2D eigenvalue weighted by molar-refractivity contribution is 5.58. The van der Waals surface area contributed by atoms with Crippen molar-refractivity contribution >= 4 is 5.69 Å². The van der Waals surface area contributed by atoms with Gasteiger partial charge in [0.25, 0.3) is 0 Å². The molecule has 1 aliphatic rings. The molecule has 0 aliphatic carbocycles. The van der Waals surface area contributed by atoms with Crippen LogP contribution < -0.4 is 15.8 Å². The highest BCUT2D eigenvalue weighted by Gasteiger charge is 2.35. The molecule has 0 amide bonds. The number of nitrogens with zero attached hydrogens (tertiary/aromatic N) is 1. The number of benzene rings is 1. The summed E-state index contributed by atoms with van der Waals surface area (Å²) in [7, 11) is 3.82. The summed E-state index contributed by atoms with van der Waals surface area (Å²) >= 11 is 0. The predicted molar refractivity (Wildman–Crippen MR) is 70.5 cm³/mol. The number of hydrogen-bond donors (Lipinski definition) is 2. The van der Waals surface area contributed by atoms with Gasteiger partial charge in [-0.3, -0.25) is 0 Å². The molecule has 0 saturated carbocycles. The Morgan fingerprint density at radius 3 is 2.82 bits per heavy atom. The minimum Gasteiger partial charge on any atom is -0.495 e. The predicted octanol–water partition coefficient (Wildman–Crippen LogP) is 1.14. The van der Waals surface area contributed by atoms with E-state index < -0.39 is 0 Å². The molecule has 1 saturated heterocycles. The second-order valence-corrected chi connectivity index (χ2v) is 4.80. The van der Waals surface area contributed by atoms with E-state index in [1.165, 1.54) is 0 Å². The van der Waals surface area contributed by atoms with Crippen LogP contribution in [-0.4, -0.2) is 44.2 Å². The minimum atomic E-state index is -0.0244. The van der Waals surface area contributed by atoms with Crippen LogP contribution >= 0.6 is 0 Å². The maximum Gasteiger partial charge on any atom is 0.141 e. The van der Waals surface area contributed by atoms with Crippen molar-refractivity contribution in [1.82, 2.24) is 4.90 Å². The first-order valence-electron chi connectivity index (χ1n) is 5.99. The summed E-state index contributed by atoms with van der Waals surface area (Å²) in [4.78, 5) is 2.30. The second-order valence-electron chi connectivity index (χ2n) is 4.80. The van der Waals surface area contributed by atoms with Gasteiger partial charge in [-0.05, 0) is 25.6 Å². The van der Waals surface area contributed by atoms with Crippen LogP contribution in [0.15, 0.2) is 24.3 Å². The van der Waals surface area contributed by atoms with E-state index in [1.807, 2.05) is 24.3 Å². The van der Waals surface area contributed by atoms with Gasteiger partial charge in [0.1, 0.15) is 5.75 Å². The minimum absolute atomic E-state index is 0.0244. The highest BCUT2D eigenvalue weighted by atomic mass is 16.5. The summed E-state index contributed by atoms with van der Waals surface area (Å²) < 4.78 is 5.36. The normalized spacial score (nSPS) is 24.9. The van der Waals surface area contributed by atoms with Crippen molar-refractivity contribution < 1.29 is 4.74 Å². The number of nitrogens with two attached hydrogens (primary N) is 1. The third-order valence-electron chi connectivity index (χ3n) is 3.44. The van der Waals surface area contributed by atoms with Gasteiger partial charge in [0.15, 0.2) is 0 Å². The lowest BCUT2D eigenvalue weighted by molar-refractivity contribution is 0.382. The van der Waals surface area contributed by atoms with Gasteiger partial charge in [-0.15, -0.1) is 0 Å². The Morgan fingerprint density at radius 1 is 1.47 bits per heavy atom. The van der Waals surface area contributed by atoms with E-state index in [0.717, 1.165) is 30.9 Å². The zero-order valence-electron chi connectivity index (χ0n) is 10.6. The summed E-state index contributed by atoms with van der Waals surface area (Å²) in [6, 6.07) is 7.98. The van der Waals surface area contributed by atoms with Gasteiger partial charge in [0.2, 0.25) is 0 Å². The maximum absolute atomic E-state index is 5.94. The fourth-order valence-corrected chi connectivity index (χ4v) is 2.43. The number of rotatable bonds is 4. The van der Waals surface area contributed by atoms with Crippen molar-refractivity contribution in [3.63, 3.8) is 0 Å². The molecule has 1 unspecified atom stereocenters. The third kappa shape index (κ3) is 2.53. The number of likely N-dealkylation sites (tertiary alicyclic amines) is 1. The number of hydrogen-bond acceptors (Lipinski definition) is 4. The van der Waals surface area contributed by atoms with E-state index in [-0.39, 0.29) is 5.54 Å². The van der Waals surface area contributed by atoms with E-state index in [9.17, 15) is 0 Å². The molecule has 1 aliphatic heterocycles. The van der Waals surface area contributed by atoms with Gasteiger partial charge in [-0.2, -0.15) is 0 Å². The van der Waals surface area contributed by atoms with Crippen molar-refractivity contribution in [2.45, 2.75) is 12.0 Å². The van der Waals surface area contributed by atoms with Crippen molar-refractivity contribution in [1.29, 1.82) is 0 Å². The molecule has 1 fully saturated rings. The molecule has 0 aromatic heterocycles. The molecule has 1 aromatic rings. The summed E-state index contributed by atoms with van der Waals surface area (Å²) in [6.07, 6.45) is 1.07. The summed E-state index contributed by atoms with van der Waals surface area (Å²) in [5.41, 5.74) is 6.94. The zero-order chi connectivity index (χ0) is 12.3. The van der Waals surface area contributed by atoms with Crippen molar-refractivity contribution in [2.75, 3.05) is 39.1 Å². The zero-order valence-corrected chi connectivity index (χ0v) is 10.6. The Morgan fingerprint density at radius 2 is 2.24 bits per heavy atom. The van der Waals surface area contributed by atoms with E-state index in [1.54, 1.807) is 7.11 Å². The van der Waals surface area contributed by atoms with E-state index >= 15 is 0 Å². The highest BCUT2D eigenvalue weighted by Crippen LogP contribution is 2.30. The van der Waals surface area contributed by atoms with Crippen LogP contribution in [0.1, 0.15) is 6.42 Å².